The van der Waals surface area contributed by atoms with Crippen LogP contribution in [0.5, 0.6) is 0 Å². The highest BCUT2D eigenvalue weighted by Gasteiger charge is 2.24. The van der Waals surface area contributed by atoms with E-state index >= 15 is 0 Å². The van der Waals surface area contributed by atoms with E-state index in [2.05, 4.69) is 29.4 Å². The predicted molar refractivity (Wildman–Crippen MR) is 115 cm³/mol. The second-order valence-electron chi connectivity index (χ2n) is 6.80. The van der Waals surface area contributed by atoms with Gasteiger partial charge in [-0.2, -0.15) is 0 Å². The van der Waals surface area contributed by atoms with Crippen molar-refractivity contribution in [1.82, 2.24) is 15.5 Å². The number of carbonyl (C=O) groups excluding carboxylic acids is 2. The van der Waals surface area contributed by atoms with E-state index in [9.17, 15) is 9.59 Å². The lowest BCUT2D eigenvalue weighted by Gasteiger charge is -2.14. The quantitative estimate of drug-likeness (QED) is 0.491. The molecule has 1 aromatic heterocycles. The summed E-state index contributed by atoms with van der Waals surface area (Å²) in [5.41, 5.74) is 0.775. The standard InChI is InChI=1S/C12H21N3O2S.C8H8O.CH4/c1-7(2)6-9(13-5)10(16)11-14-15-12(17-11)18-8(3)4;1-7(9)8-5-3-2-4-6-8;/h7-9,13H,6H2,1-5H3;2-6H,1H3;1H4/t9-;;/m0../s1. The van der Waals surface area contributed by atoms with E-state index in [1.165, 1.54) is 11.8 Å². The van der Waals surface area contributed by atoms with Crippen LogP contribution in [0.25, 0.3) is 0 Å². The molecule has 0 aliphatic heterocycles. The Bertz CT molecular complexity index is 715. The molecule has 0 saturated heterocycles. The van der Waals surface area contributed by atoms with E-state index < -0.39 is 0 Å². The molecule has 0 unspecified atom stereocenters. The molecule has 0 spiro atoms. The molecule has 28 heavy (non-hydrogen) atoms. The van der Waals surface area contributed by atoms with Crippen molar-refractivity contribution in [2.45, 2.75) is 65.0 Å². The largest absolute Gasteiger partial charge is 0.408 e. The number of carbonyl (C=O) groups is 2. The topological polar surface area (TPSA) is 85.1 Å². The lowest BCUT2D eigenvalue weighted by Crippen LogP contribution is -2.35. The average molecular weight is 408 g/mol. The van der Waals surface area contributed by atoms with E-state index in [1.807, 2.05) is 44.2 Å². The number of hydrogen-bond donors (Lipinski definition) is 1. The van der Waals surface area contributed by atoms with E-state index in [1.54, 1.807) is 14.0 Å². The zero-order valence-corrected chi connectivity index (χ0v) is 17.7. The Morgan fingerprint density at radius 2 is 1.71 bits per heavy atom. The molecule has 0 saturated carbocycles. The number of likely N-dealkylation sites (N-methyl/N-ethyl adjacent to an activating group) is 1. The lowest BCUT2D eigenvalue weighted by atomic mass is 10.0. The maximum Gasteiger partial charge on any atom is 0.286 e. The zero-order chi connectivity index (χ0) is 20.4. The fourth-order valence-electron chi connectivity index (χ4n) is 2.21. The van der Waals surface area contributed by atoms with Gasteiger partial charge in [0.15, 0.2) is 5.78 Å². The van der Waals surface area contributed by atoms with Crippen LogP contribution in [0, 0.1) is 5.92 Å². The first-order valence-electron chi connectivity index (χ1n) is 9.02. The Balaban J connectivity index is 0.000000614. The van der Waals surface area contributed by atoms with Gasteiger partial charge in [0, 0.05) is 10.8 Å². The number of ketones is 2. The number of hydrogen-bond acceptors (Lipinski definition) is 7. The molecular formula is C21H33N3O3S. The highest BCUT2D eigenvalue weighted by molar-refractivity contribution is 7.99. The molecule has 156 valence electrons. The van der Waals surface area contributed by atoms with Crippen molar-refractivity contribution in [3.05, 3.63) is 41.8 Å². The number of aromatic nitrogens is 2. The van der Waals surface area contributed by atoms with Gasteiger partial charge in [0.2, 0.25) is 5.78 Å². The highest BCUT2D eigenvalue weighted by Crippen LogP contribution is 2.21. The maximum absolute atomic E-state index is 12.1. The summed E-state index contributed by atoms with van der Waals surface area (Å²) in [6.07, 6.45) is 0.754. The Morgan fingerprint density at radius 1 is 1.11 bits per heavy atom. The molecule has 6 nitrogen and oxygen atoms in total. The summed E-state index contributed by atoms with van der Waals surface area (Å²) in [4.78, 5) is 22.8. The van der Waals surface area contributed by atoms with Gasteiger partial charge >= 0.3 is 0 Å². The normalized spacial score (nSPS) is 11.4. The van der Waals surface area contributed by atoms with E-state index in [4.69, 9.17) is 4.42 Å². The lowest BCUT2D eigenvalue weighted by molar-refractivity contribution is 0.0894. The summed E-state index contributed by atoms with van der Waals surface area (Å²) in [7, 11) is 1.77. The van der Waals surface area contributed by atoms with Gasteiger partial charge in [-0.1, -0.05) is 77.2 Å². The number of Topliss-reactive ketones (excluding diaryl/α,β-unsaturated/α-hetero) is 2. The minimum absolute atomic E-state index is 0. The molecule has 0 amide bonds. The molecular weight excluding hydrogens is 374 g/mol. The minimum Gasteiger partial charge on any atom is -0.408 e. The number of nitrogens with one attached hydrogen (secondary N) is 1. The van der Waals surface area contributed by atoms with Crippen LogP contribution in [0.2, 0.25) is 0 Å². The summed E-state index contributed by atoms with van der Waals surface area (Å²) < 4.78 is 5.37. The second kappa shape index (κ2) is 13.2. The molecule has 1 aromatic carbocycles. The molecule has 1 N–H and O–H groups in total. The van der Waals surface area contributed by atoms with Gasteiger partial charge in [-0.25, -0.2) is 0 Å². The molecule has 1 heterocycles. The third kappa shape index (κ3) is 9.28. The maximum atomic E-state index is 12.1. The van der Waals surface area contributed by atoms with Gasteiger partial charge in [0.1, 0.15) is 0 Å². The van der Waals surface area contributed by atoms with Gasteiger partial charge in [-0.3, -0.25) is 9.59 Å². The summed E-state index contributed by atoms with van der Waals surface area (Å²) in [6, 6.07) is 8.97. The second-order valence-corrected chi connectivity index (χ2v) is 8.32. The monoisotopic (exact) mass is 407 g/mol. The molecule has 0 radical (unpaired) electrons. The van der Waals surface area contributed by atoms with Gasteiger partial charge in [0.25, 0.3) is 11.1 Å². The molecule has 7 heteroatoms. The Labute approximate surface area is 172 Å². The first kappa shape index (κ1) is 26.0. The van der Waals surface area contributed by atoms with Crippen LogP contribution in [0.15, 0.2) is 40.0 Å². The van der Waals surface area contributed by atoms with Crippen LogP contribution in [-0.4, -0.2) is 40.1 Å². The SMILES string of the molecule is C.CC(=O)c1ccccc1.CN[C@@H](CC(C)C)C(=O)c1nnc(SC(C)C)o1. The summed E-state index contributed by atoms with van der Waals surface area (Å²) in [5, 5.41) is 11.5. The van der Waals surface area contributed by atoms with Crippen molar-refractivity contribution in [3.8, 4) is 0 Å². The van der Waals surface area contributed by atoms with Crippen LogP contribution in [0.1, 0.15) is 69.5 Å². The number of rotatable bonds is 8. The van der Waals surface area contributed by atoms with Crippen LogP contribution in [-0.2, 0) is 0 Å². The van der Waals surface area contributed by atoms with Crippen LogP contribution in [0.3, 0.4) is 0 Å². The average Bonchev–Trinajstić information content (AvgIpc) is 3.08. The van der Waals surface area contributed by atoms with E-state index in [-0.39, 0.29) is 30.9 Å². The van der Waals surface area contributed by atoms with Gasteiger partial charge in [-0.15, -0.1) is 10.2 Å². The van der Waals surface area contributed by atoms with Gasteiger partial charge < -0.3 is 9.73 Å². The molecule has 1 atom stereocenters. The Kier molecular flexibility index (Phi) is 12.3. The van der Waals surface area contributed by atoms with Crippen molar-refractivity contribution in [2.75, 3.05) is 7.05 Å². The zero-order valence-electron chi connectivity index (χ0n) is 16.9. The minimum atomic E-state index is -0.262. The summed E-state index contributed by atoms with van der Waals surface area (Å²) >= 11 is 1.46. The Hall–Kier alpha value is -1.99. The predicted octanol–water partition coefficient (Wildman–Crippen LogP) is 4.91. The van der Waals surface area contributed by atoms with E-state index in [0.29, 0.717) is 16.4 Å². The van der Waals surface area contributed by atoms with Crippen molar-refractivity contribution in [2.24, 2.45) is 5.92 Å². The van der Waals surface area contributed by atoms with Crippen molar-refractivity contribution >= 4 is 23.3 Å². The van der Waals surface area contributed by atoms with Crippen molar-refractivity contribution in [1.29, 1.82) is 0 Å². The first-order chi connectivity index (χ1) is 12.7. The molecule has 0 fully saturated rings. The number of benzene rings is 1. The Morgan fingerprint density at radius 3 is 2.14 bits per heavy atom. The van der Waals surface area contributed by atoms with Crippen LogP contribution < -0.4 is 5.32 Å². The van der Waals surface area contributed by atoms with Crippen LogP contribution >= 0.6 is 11.8 Å². The van der Waals surface area contributed by atoms with Crippen molar-refractivity contribution in [3.63, 3.8) is 0 Å². The molecule has 2 rings (SSSR count). The molecule has 0 bridgehead atoms. The van der Waals surface area contributed by atoms with Gasteiger partial charge in [0.05, 0.1) is 6.04 Å². The molecule has 0 aliphatic rings. The molecule has 2 aromatic rings. The molecule has 0 aliphatic carbocycles. The fourth-order valence-corrected chi connectivity index (χ4v) is 2.83. The number of nitrogens with zero attached hydrogens (tertiary/aromatic N) is 2. The smallest absolute Gasteiger partial charge is 0.286 e. The third-order valence-corrected chi connectivity index (χ3v) is 4.34. The summed E-state index contributed by atoms with van der Waals surface area (Å²) in [6.45, 7) is 9.78. The third-order valence-electron chi connectivity index (χ3n) is 3.51. The van der Waals surface area contributed by atoms with E-state index in [0.717, 1.165) is 12.0 Å². The summed E-state index contributed by atoms with van der Waals surface area (Å²) in [5.74, 6) is 0.516. The first-order valence-corrected chi connectivity index (χ1v) is 9.90. The van der Waals surface area contributed by atoms with Crippen LogP contribution in [0.4, 0.5) is 0 Å². The van der Waals surface area contributed by atoms with Crippen molar-refractivity contribution < 1.29 is 14.0 Å². The highest BCUT2D eigenvalue weighted by atomic mass is 32.2. The number of thioether (sulfide) groups is 1. The van der Waals surface area contributed by atoms with Gasteiger partial charge in [-0.05, 0) is 26.3 Å². The fraction of sp³-hybridized carbons (Fsp3) is 0.524.